The normalized spacial score (nSPS) is 13.3. The van der Waals surface area contributed by atoms with Crippen molar-refractivity contribution < 1.29 is 24.0 Å². The van der Waals surface area contributed by atoms with Gasteiger partial charge in [-0.05, 0) is 35.9 Å². The number of thioether (sulfide) groups is 1. The van der Waals surface area contributed by atoms with Crippen molar-refractivity contribution in [1.29, 1.82) is 0 Å². The predicted octanol–water partition coefficient (Wildman–Crippen LogP) is 1.69. The van der Waals surface area contributed by atoms with Crippen LogP contribution in [0.4, 0.5) is 10.5 Å². The van der Waals surface area contributed by atoms with Crippen LogP contribution in [-0.4, -0.2) is 58.0 Å². The minimum atomic E-state index is -0.629. The second-order valence-electron chi connectivity index (χ2n) is 6.90. The van der Waals surface area contributed by atoms with Gasteiger partial charge in [-0.2, -0.15) is 0 Å². The number of benzene rings is 2. The van der Waals surface area contributed by atoms with E-state index in [1.54, 1.807) is 42.5 Å². The van der Waals surface area contributed by atoms with Crippen LogP contribution in [-0.2, 0) is 16.1 Å². The number of nitrogens with zero attached hydrogens (tertiary/aromatic N) is 2. The van der Waals surface area contributed by atoms with E-state index in [2.05, 4.69) is 5.32 Å². The predicted molar refractivity (Wildman–Crippen MR) is 115 cm³/mol. The molecule has 10 heteroatoms. The minimum absolute atomic E-state index is 0.0992. The van der Waals surface area contributed by atoms with Gasteiger partial charge in [0, 0.05) is 23.9 Å². The van der Waals surface area contributed by atoms with Crippen LogP contribution in [0.3, 0.4) is 0 Å². The topological polar surface area (TPSA) is 130 Å². The lowest BCUT2D eigenvalue weighted by Gasteiger charge is -2.16. The number of primary amides is 1. The number of carbonyl (C=O) groups excluding carboxylic acids is 5. The van der Waals surface area contributed by atoms with Crippen molar-refractivity contribution in [3.8, 4) is 0 Å². The van der Waals surface area contributed by atoms with Crippen LogP contribution in [0.25, 0.3) is 0 Å². The maximum absolute atomic E-state index is 12.7. The minimum Gasteiger partial charge on any atom is -0.368 e. The highest BCUT2D eigenvalue weighted by molar-refractivity contribution is 8.14. The maximum Gasteiger partial charge on any atom is 0.289 e. The van der Waals surface area contributed by atoms with Gasteiger partial charge in [0.1, 0.15) is 0 Å². The van der Waals surface area contributed by atoms with E-state index in [0.717, 1.165) is 16.7 Å². The quantitative estimate of drug-likeness (QED) is 0.674. The first-order valence-electron chi connectivity index (χ1n) is 9.26. The molecule has 0 unspecified atom stereocenters. The van der Waals surface area contributed by atoms with E-state index in [0.29, 0.717) is 22.4 Å². The third-order valence-electron chi connectivity index (χ3n) is 4.48. The molecule has 9 nitrogen and oxygen atoms in total. The van der Waals surface area contributed by atoms with Crippen LogP contribution in [0, 0.1) is 0 Å². The van der Waals surface area contributed by atoms with Gasteiger partial charge in [-0.1, -0.05) is 30.0 Å². The molecule has 5 amide bonds. The molecule has 0 spiro atoms. The molecule has 1 saturated heterocycles. The molecule has 1 fully saturated rings. The molecule has 0 atom stereocenters. The van der Waals surface area contributed by atoms with E-state index in [9.17, 15) is 24.0 Å². The number of carbonyl (C=O) groups is 5. The maximum atomic E-state index is 12.7. The van der Waals surface area contributed by atoms with Crippen molar-refractivity contribution in [1.82, 2.24) is 9.80 Å². The lowest BCUT2D eigenvalue weighted by molar-refractivity contribution is -0.125. The SMILES string of the molecule is CN(CC(N)=O)C(=O)c1cccc(NC(=O)c2cccc(CN3C(=O)CSC3=O)c2)c1. The number of imide groups is 1. The fourth-order valence-electron chi connectivity index (χ4n) is 2.99. The fourth-order valence-corrected chi connectivity index (χ4v) is 3.71. The molecular formula is C21H20N4O5S. The summed E-state index contributed by atoms with van der Waals surface area (Å²) < 4.78 is 0. The van der Waals surface area contributed by atoms with E-state index in [1.165, 1.54) is 18.0 Å². The lowest BCUT2D eigenvalue weighted by atomic mass is 10.1. The molecule has 3 rings (SSSR count). The highest BCUT2D eigenvalue weighted by atomic mass is 32.2. The van der Waals surface area contributed by atoms with E-state index < -0.39 is 17.7 Å². The molecular weight excluding hydrogens is 420 g/mol. The van der Waals surface area contributed by atoms with Crippen LogP contribution in [0.5, 0.6) is 0 Å². The van der Waals surface area contributed by atoms with Gasteiger partial charge in [-0.15, -0.1) is 0 Å². The van der Waals surface area contributed by atoms with Crippen LogP contribution in [0.15, 0.2) is 48.5 Å². The largest absolute Gasteiger partial charge is 0.368 e. The van der Waals surface area contributed by atoms with Gasteiger partial charge in [-0.3, -0.25) is 28.9 Å². The molecule has 0 saturated carbocycles. The Morgan fingerprint density at radius 1 is 1.10 bits per heavy atom. The standard InChI is InChI=1S/C21H20N4O5S/c1-24(11-17(22)26)20(29)15-6-3-7-16(9-15)23-19(28)14-5-2-4-13(8-14)10-25-18(27)12-31-21(25)30/h2-9H,10-12H2,1H3,(H2,22,26)(H,23,28). The number of nitrogens with one attached hydrogen (secondary N) is 1. The van der Waals surface area contributed by atoms with Gasteiger partial charge in [0.2, 0.25) is 11.8 Å². The van der Waals surface area contributed by atoms with Crippen molar-refractivity contribution in [2.45, 2.75) is 6.54 Å². The second kappa shape index (κ2) is 9.43. The molecule has 31 heavy (non-hydrogen) atoms. The summed E-state index contributed by atoms with van der Waals surface area (Å²) in [4.78, 5) is 62.0. The number of amides is 5. The Kier molecular flexibility index (Phi) is 6.71. The molecule has 3 N–H and O–H groups in total. The molecule has 1 aliphatic heterocycles. The van der Waals surface area contributed by atoms with Crippen LogP contribution in [0.2, 0.25) is 0 Å². The molecule has 1 heterocycles. The van der Waals surface area contributed by atoms with Gasteiger partial charge in [0.05, 0.1) is 18.8 Å². The average molecular weight is 440 g/mol. The van der Waals surface area contributed by atoms with Crippen molar-refractivity contribution in [2.24, 2.45) is 5.73 Å². The smallest absolute Gasteiger partial charge is 0.289 e. The summed E-state index contributed by atoms with van der Waals surface area (Å²) in [7, 11) is 1.46. The van der Waals surface area contributed by atoms with Gasteiger partial charge in [-0.25, -0.2) is 0 Å². The van der Waals surface area contributed by atoms with Crippen LogP contribution >= 0.6 is 11.8 Å². The van der Waals surface area contributed by atoms with E-state index >= 15 is 0 Å². The van der Waals surface area contributed by atoms with Gasteiger partial charge >= 0.3 is 0 Å². The van der Waals surface area contributed by atoms with Gasteiger partial charge < -0.3 is 16.0 Å². The molecule has 2 aromatic carbocycles. The summed E-state index contributed by atoms with van der Waals surface area (Å²) >= 11 is 0.955. The van der Waals surface area contributed by atoms with Crippen molar-refractivity contribution >= 4 is 46.3 Å². The third-order valence-corrected chi connectivity index (χ3v) is 5.34. The number of hydrogen-bond acceptors (Lipinski definition) is 6. The van der Waals surface area contributed by atoms with Gasteiger partial charge in [0.25, 0.3) is 17.1 Å². The highest BCUT2D eigenvalue weighted by Crippen LogP contribution is 2.22. The number of hydrogen-bond donors (Lipinski definition) is 2. The number of nitrogens with two attached hydrogens (primary N) is 1. The Labute approximate surface area is 182 Å². The zero-order chi connectivity index (χ0) is 22.5. The Hall–Kier alpha value is -3.66. The molecule has 0 aliphatic carbocycles. The summed E-state index contributed by atoms with van der Waals surface area (Å²) in [6.45, 7) is -0.120. The molecule has 0 aromatic heterocycles. The zero-order valence-corrected chi connectivity index (χ0v) is 17.5. The first kappa shape index (κ1) is 22.0. The van der Waals surface area contributed by atoms with Crippen molar-refractivity contribution in [2.75, 3.05) is 24.7 Å². The summed E-state index contributed by atoms with van der Waals surface area (Å²) in [5.74, 6) is -1.58. The molecule has 1 aliphatic rings. The van der Waals surface area contributed by atoms with E-state index in [1.807, 2.05) is 0 Å². The summed E-state index contributed by atoms with van der Waals surface area (Å²) in [6, 6.07) is 12.9. The highest BCUT2D eigenvalue weighted by Gasteiger charge is 2.29. The first-order valence-corrected chi connectivity index (χ1v) is 10.2. The van der Waals surface area contributed by atoms with Crippen LogP contribution < -0.4 is 11.1 Å². The monoisotopic (exact) mass is 440 g/mol. The number of rotatable bonds is 7. The van der Waals surface area contributed by atoms with Crippen molar-refractivity contribution in [3.63, 3.8) is 0 Å². The van der Waals surface area contributed by atoms with Crippen molar-refractivity contribution in [3.05, 3.63) is 65.2 Å². The molecule has 160 valence electrons. The molecule has 0 bridgehead atoms. The Bertz CT molecular complexity index is 1060. The van der Waals surface area contributed by atoms with E-state index in [4.69, 9.17) is 5.73 Å². The third kappa shape index (κ3) is 5.48. The van der Waals surface area contributed by atoms with Crippen LogP contribution in [0.1, 0.15) is 26.3 Å². The summed E-state index contributed by atoms with van der Waals surface area (Å²) in [5, 5.41) is 2.42. The molecule has 0 radical (unpaired) electrons. The average Bonchev–Trinajstić information content (AvgIpc) is 3.05. The Balaban J connectivity index is 1.70. The lowest BCUT2D eigenvalue weighted by Crippen LogP contribution is -2.35. The van der Waals surface area contributed by atoms with Gasteiger partial charge in [0.15, 0.2) is 0 Å². The fraction of sp³-hybridized carbons (Fsp3) is 0.190. The second-order valence-corrected chi connectivity index (χ2v) is 7.82. The first-order chi connectivity index (χ1) is 14.7. The summed E-state index contributed by atoms with van der Waals surface area (Å²) in [6.07, 6.45) is 0. The Morgan fingerprint density at radius 3 is 2.48 bits per heavy atom. The zero-order valence-electron chi connectivity index (χ0n) is 16.7. The summed E-state index contributed by atoms with van der Waals surface area (Å²) in [5.41, 5.74) is 6.79. The number of likely N-dealkylation sites (N-methyl/N-ethyl adjacent to an activating group) is 1. The number of anilines is 1. The molecule has 2 aromatic rings. The Morgan fingerprint density at radius 2 is 1.81 bits per heavy atom. The van der Waals surface area contributed by atoms with E-state index in [-0.39, 0.29) is 30.0 Å².